The highest BCUT2D eigenvalue weighted by Crippen LogP contribution is 2.19. The van der Waals surface area contributed by atoms with Gasteiger partial charge in [-0.2, -0.15) is 0 Å². The topological polar surface area (TPSA) is 126 Å². The van der Waals surface area contributed by atoms with E-state index in [-0.39, 0.29) is 10.9 Å². The molecule has 0 radical (unpaired) electrons. The number of anilines is 1. The van der Waals surface area contributed by atoms with Crippen molar-refractivity contribution in [3.63, 3.8) is 0 Å². The van der Waals surface area contributed by atoms with Gasteiger partial charge in [0.1, 0.15) is 10.7 Å². The quantitative estimate of drug-likeness (QED) is 0.660. The first-order chi connectivity index (χ1) is 8.36. The Hall–Kier alpha value is -1.87. The Morgan fingerprint density at radius 1 is 1.50 bits per heavy atom. The molecule has 2 heterocycles. The fourth-order valence-electron chi connectivity index (χ4n) is 1.66. The van der Waals surface area contributed by atoms with Crippen LogP contribution in [0.25, 0.3) is 0 Å². The summed E-state index contributed by atoms with van der Waals surface area (Å²) in [4.78, 5) is 16.1. The van der Waals surface area contributed by atoms with E-state index in [0.717, 1.165) is 0 Å². The summed E-state index contributed by atoms with van der Waals surface area (Å²) in [6.45, 7) is 1.02. The van der Waals surface area contributed by atoms with E-state index in [2.05, 4.69) is 10.3 Å². The fraction of sp³-hybridized carbons (Fsp3) is 0.333. The van der Waals surface area contributed by atoms with E-state index < -0.39 is 16.1 Å². The van der Waals surface area contributed by atoms with Crippen LogP contribution in [0.4, 0.5) is 10.6 Å². The first-order valence-electron chi connectivity index (χ1n) is 5.09. The van der Waals surface area contributed by atoms with Crippen LogP contribution in [0.3, 0.4) is 0 Å². The summed E-state index contributed by atoms with van der Waals surface area (Å²) in [6, 6.07) is 2.79. The molecule has 2 rings (SSSR count). The van der Waals surface area contributed by atoms with Gasteiger partial charge in [-0.1, -0.05) is 0 Å². The molecule has 1 amide bonds. The molecular weight excluding hydrogens is 260 g/mol. The Morgan fingerprint density at radius 2 is 2.17 bits per heavy atom. The van der Waals surface area contributed by atoms with Gasteiger partial charge in [-0.15, -0.1) is 0 Å². The normalized spacial score (nSPS) is 16.2. The van der Waals surface area contributed by atoms with Crippen LogP contribution in [0.2, 0.25) is 0 Å². The number of rotatable bonds is 3. The maximum atomic E-state index is 11.0. The molecule has 0 spiro atoms. The summed E-state index contributed by atoms with van der Waals surface area (Å²) in [5.74, 6) is 0.589. The average Bonchev–Trinajstić information content (AvgIpc) is 2.21. The number of nitrogens with two attached hydrogens (primary N) is 1. The van der Waals surface area contributed by atoms with Crippen molar-refractivity contribution in [2.75, 3.05) is 18.0 Å². The smallest absolute Gasteiger partial charge is 0.405 e. The minimum atomic E-state index is -3.73. The second-order valence-corrected chi connectivity index (χ2v) is 5.51. The minimum Gasteiger partial charge on any atom is -0.465 e. The number of pyridine rings is 1. The lowest BCUT2D eigenvalue weighted by atomic mass is 10.1. The molecule has 0 atom stereocenters. The van der Waals surface area contributed by atoms with Gasteiger partial charge in [0, 0.05) is 19.3 Å². The van der Waals surface area contributed by atoms with Crippen LogP contribution in [-0.4, -0.2) is 43.7 Å². The van der Waals surface area contributed by atoms with E-state index in [0.29, 0.717) is 18.9 Å². The fourth-order valence-corrected chi connectivity index (χ4v) is 2.12. The van der Waals surface area contributed by atoms with Crippen molar-refractivity contribution < 1.29 is 18.3 Å². The molecular formula is C9H12N4O4S. The van der Waals surface area contributed by atoms with Crippen LogP contribution >= 0.6 is 0 Å². The number of nitrogens with zero attached hydrogens (tertiary/aromatic N) is 2. The highest BCUT2D eigenvalue weighted by molar-refractivity contribution is 7.89. The largest absolute Gasteiger partial charge is 0.465 e. The molecule has 8 nitrogen and oxygen atoms in total. The maximum Gasteiger partial charge on any atom is 0.405 e. The molecule has 1 aliphatic rings. The molecule has 0 saturated carbocycles. The SMILES string of the molecule is NS(=O)(=O)c1ccc(N2CC(NC(=O)O)C2)nc1. The number of hydrogen-bond donors (Lipinski definition) is 3. The van der Waals surface area contributed by atoms with E-state index in [4.69, 9.17) is 10.2 Å². The predicted octanol–water partition coefficient (Wildman–Crippen LogP) is -0.815. The lowest BCUT2D eigenvalue weighted by Gasteiger charge is -2.39. The Labute approximate surface area is 103 Å². The summed E-state index contributed by atoms with van der Waals surface area (Å²) < 4.78 is 22.0. The average molecular weight is 272 g/mol. The van der Waals surface area contributed by atoms with E-state index in [9.17, 15) is 13.2 Å². The van der Waals surface area contributed by atoms with Gasteiger partial charge in [0.25, 0.3) is 0 Å². The predicted molar refractivity (Wildman–Crippen MR) is 62.8 cm³/mol. The van der Waals surface area contributed by atoms with E-state index >= 15 is 0 Å². The third-order valence-corrected chi connectivity index (χ3v) is 3.48. The van der Waals surface area contributed by atoms with E-state index in [1.165, 1.54) is 18.3 Å². The zero-order valence-electron chi connectivity index (χ0n) is 9.28. The zero-order chi connectivity index (χ0) is 13.3. The Morgan fingerprint density at radius 3 is 2.61 bits per heavy atom. The van der Waals surface area contributed by atoms with Gasteiger partial charge in [-0.3, -0.25) is 0 Å². The maximum absolute atomic E-state index is 11.0. The number of primary sulfonamides is 1. The van der Waals surface area contributed by atoms with Crippen molar-refractivity contribution in [3.05, 3.63) is 18.3 Å². The first-order valence-corrected chi connectivity index (χ1v) is 6.64. The summed E-state index contributed by atoms with van der Waals surface area (Å²) in [6.07, 6.45) is 0.125. The monoisotopic (exact) mass is 272 g/mol. The molecule has 4 N–H and O–H groups in total. The molecule has 1 aliphatic heterocycles. The zero-order valence-corrected chi connectivity index (χ0v) is 10.1. The van der Waals surface area contributed by atoms with Crippen LogP contribution in [0.5, 0.6) is 0 Å². The standard InChI is InChI=1S/C9H12N4O4S/c10-18(16,17)7-1-2-8(11-3-7)13-4-6(5-13)12-9(14)15/h1-3,6,12H,4-5H2,(H,14,15)(H2,10,16,17). The van der Waals surface area contributed by atoms with Crippen molar-refractivity contribution in [1.82, 2.24) is 10.3 Å². The molecule has 1 aromatic rings. The number of amides is 1. The van der Waals surface area contributed by atoms with Gasteiger partial charge in [-0.05, 0) is 12.1 Å². The third kappa shape index (κ3) is 2.68. The molecule has 1 aromatic heterocycles. The third-order valence-electron chi connectivity index (χ3n) is 2.58. The van der Waals surface area contributed by atoms with Crippen molar-refractivity contribution >= 4 is 21.9 Å². The lowest BCUT2D eigenvalue weighted by molar-refractivity contribution is 0.187. The number of carboxylic acid groups (broad SMARTS) is 1. The van der Waals surface area contributed by atoms with Crippen molar-refractivity contribution in [1.29, 1.82) is 0 Å². The molecule has 1 saturated heterocycles. The van der Waals surface area contributed by atoms with E-state index in [1.807, 2.05) is 4.90 Å². The molecule has 1 fully saturated rings. The van der Waals surface area contributed by atoms with Gasteiger partial charge >= 0.3 is 6.09 Å². The van der Waals surface area contributed by atoms with Crippen LogP contribution in [0, 0.1) is 0 Å². The number of hydrogen-bond acceptors (Lipinski definition) is 5. The van der Waals surface area contributed by atoms with E-state index in [1.54, 1.807) is 0 Å². The molecule has 9 heteroatoms. The molecule has 0 bridgehead atoms. The highest BCUT2D eigenvalue weighted by Gasteiger charge is 2.28. The number of aromatic nitrogens is 1. The van der Waals surface area contributed by atoms with Crippen LogP contribution in [0.15, 0.2) is 23.2 Å². The molecule has 0 unspecified atom stereocenters. The Kier molecular flexibility index (Phi) is 3.09. The molecule has 98 valence electrons. The summed E-state index contributed by atoms with van der Waals surface area (Å²) >= 11 is 0. The van der Waals surface area contributed by atoms with Crippen molar-refractivity contribution in [2.45, 2.75) is 10.9 Å². The summed E-state index contributed by atoms with van der Waals surface area (Å²) in [7, 11) is -3.73. The number of nitrogens with one attached hydrogen (secondary N) is 1. The van der Waals surface area contributed by atoms with Crippen molar-refractivity contribution in [3.8, 4) is 0 Å². The van der Waals surface area contributed by atoms with Gasteiger partial charge in [0.2, 0.25) is 10.0 Å². The second kappa shape index (κ2) is 4.42. The highest BCUT2D eigenvalue weighted by atomic mass is 32.2. The van der Waals surface area contributed by atoms with Gasteiger partial charge in [0.05, 0.1) is 6.04 Å². The summed E-state index contributed by atoms with van der Waals surface area (Å²) in [5, 5.41) is 15.8. The Bertz CT molecular complexity index is 550. The second-order valence-electron chi connectivity index (χ2n) is 3.95. The Balaban J connectivity index is 1.99. The van der Waals surface area contributed by atoms with Crippen LogP contribution < -0.4 is 15.4 Å². The van der Waals surface area contributed by atoms with Gasteiger partial charge < -0.3 is 15.3 Å². The van der Waals surface area contributed by atoms with Crippen LogP contribution in [0.1, 0.15) is 0 Å². The molecule has 0 aliphatic carbocycles. The number of carbonyl (C=O) groups is 1. The minimum absolute atomic E-state index is 0.0491. The van der Waals surface area contributed by atoms with Gasteiger partial charge in [-0.25, -0.2) is 23.3 Å². The summed E-state index contributed by atoms with van der Waals surface area (Å²) in [5.41, 5.74) is 0. The van der Waals surface area contributed by atoms with Crippen molar-refractivity contribution in [2.24, 2.45) is 5.14 Å². The first kappa shape index (κ1) is 12.6. The van der Waals surface area contributed by atoms with Gasteiger partial charge in [0.15, 0.2) is 0 Å². The molecule has 0 aromatic carbocycles. The molecule has 18 heavy (non-hydrogen) atoms. The number of sulfonamides is 1. The van der Waals surface area contributed by atoms with Crippen LogP contribution in [-0.2, 0) is 10.0 Å². The lowest BCUT2D eigenvalue weighted by Crippen LogP contribution is -2.59.